The van der Waals surface area contributed by atoms with Crippen LogP contribution in [0.15, 0.2) is 29.4 Å². The van der Waals surface area contributed by atoms with Crippen LogP contribution < -0.4 is 5.43 Å². The summed E-state index contributed by atoms with van der Waals surface area (Å²) in [4.78, 5) is 22.0. The molecule has 1 heterocycles. The van der Waals surface area contributed by atoms with Gasteiger partial charge in [-0.3, -0.25) is 14.9 Å². The first-order chi connectivity index (χ1) is 10.0. The van der Waals surface area contributed by atoms with Gasteiger partial charge in [0.15, 0.2) is 5.79 Å². The Morgan fingerprint density at radius 2 is 2.14 bits per heavy atom. The van der Waals surface area contributed by atoms with E-state index in [4.69, 9.17) is 9.47 Å². The van der Waals surface area contributed by atoms with E-state index in [2.05, 4.69) is 10.5 Å². The second-order valence-corrected chi connectivity index (χ2v) is 4.62. The average Bonchev–Trinajstić information content (AvgIpc) is 2.85. The van der Waals surface area contributed by atoms with Crippen molar-refractivity contribution < 1.29 is 19.2 Å². The summed E-state index contributed by atoms with van der Waals surface area (Å²) >= 11 is 0. The lowest BCUT2D eigenvalue weighted by molar-refractivity contribution is -0.385. The molecular weight excluding hydrogens is 278 g/mol. The zero-order valence-corrected chi connectivity index (χ0v) is 11.4. The van der Waals surface area contributed by atoms with Crippen LogP contribution in [0.2, 0.25) is 0 Å². The Morgan fingerprint density at radius 3 is 2.81 bits per heavy atom. The molecule has 0 aliphatic carbocycles. The molecular formula is C13H15N3O5. The fraction of sp³-hybridized carbons (Fsp3) is 0.385. The summed E-state index contributed by atoms with van der Waals surface area (Å²) in [7, 11) is 0. The fourth-order valence-corrected chi connectivity index (χ4v) is 1.93. The molecule has 1 aliphatic heterocycles. The molecule has 0 unspecified atom stereocenters. The number of ether oxygens (including phenoxy) is 2. The molecule has 8 nitrogen and oxygen atoms in total. The number of nitro benzene ring substituents is 1. The first kappa shape index (κ1) is 15.1. The molecule has 0 radical (unpaired) electrons. The molecule has 2 rings (SSSR count). The highest BCUT2D eigenvalue weighted by Crippen LogP contribution is 2.22. The predicted molar refractivity (Wildman–Crippen MR) is 73.8 cm³/mol. The number of amides is 1. The van der Waals surface area contributed by atoms with Gasteiger partial charge in [-0.2, -0.15) is 5.10 Å². The van der Waals surface area contributed by atoms with Gasteiger partial charge in [-0.25, -0.2) is 5.43 Å². The van der Waals surface area contributed by atoms with Gasteiger partial charge in [0.2, 0.25) is 5.91 Å². The van der Waals surface area contributed by atoms with Crippen LogP contribution in [0.25, 0.3) is 0 Å². The number of benzene rings is 1. The first-order valence-corrected chi connectivity index (χ1v) is 6.33. The summed E-state index contributed by atoms with van der Waals surface area (Å²) in [6, 6.07) is 6.11. The largest absolute Gasteiger partial charge is 0.347 e. The Balaban J connectivity index is 1.93. The smallest absolute Gasteiger partial charge is 0.278 e. The molecule has 0 spiro atoms. The Hall–Kier alpha value is -2.32. The lowest BCUT2D eigenvalue weighted by atomic mass is 10.2. The SMILES string of the molecule is CC1(CC(=O)N/N=C\c2ccccc2[N+](=O)[O-])OCCO1. The molecule has 1 aliphatic rings. The third kappa shape index (κ3) is 4.07. The summed E-state index contributed by atoms with van der Waals surface area (Å²) in [6.45, 7) is 2.57. The van der Waals surface area contributed by atoms with Gasteiger partial charge in [0.25, 0.3) is 5.69 Å². The summed E-state index contributed by atoms with van der Waals surface area (Å²) in [5, 5.41) is 14.5. The topological polar surface area (TPSA) is 103 Å². The molecule has 1 amide bonds. The number of hydrogen-bond donors (Lipinski definition) is 1. The Bertz CT molecular complexity index is 567. The zero-order chi connectivity index (χ0) is 15.3. The maximum absolute atomic E-state index is 11.7. The second kappa shape index (κ2) is 6.42. The van der Waals surface area contributed by atoms with Gasteiger partial charge < -0.3 is 9.47 Å². The monoisotopic (exact) mass is 293 g/mol. The average molecular weight is 293 g/mol. The van der Waals surface area contributed by atoms with Gasteiger partial charge in [0.05, 0.1) is 36.3 Å². The van der Waals surface area contributed by atoms with Crippen LogP contribution in [0.4, 0.5) is 5.69 Å². The van der Waals surface area contributed by atoms with Crippen LogP contribution in [0.3, 0.4) is 0 Å². The number of carbonyl (C=O) groups excluding carboxylic acids is 1. The van der Waals surface area contributed by atoms with E-state index in [0.29, 0.717) is 18.8 Å². The molecule has 0 aromatic heterocycles. The summed E-state index contributed by atoms with van der Waals surface area (Å²) in [5.74, 6) is -1.33. The predicted octanol–water partition coefficient (Wildman–Crippen LogP) is 1.20. The van der Waals surface area contributed by atoms with Crippen molar-refractivity contribution in [3.05, 3.63) is 39.9 Å². The maximum atomic E-state index is 11.7. The van der Waals surface area contributed by atoms with E-state index < -0.39 is 16.6 Å². The fourth-order valence-electron chi connectivity index (χ4n) is 1.93. The minimum Gasteiger partial charge on any atom is -0.347 e. The van der Waals surface area contributed by atoms with E-state index in [1.807, 2.05) is 0 Å². The van der Waals surface area contributed by atoms with E-state index in [-0.39, 0.29) is 12.1 Å². The summed E-state index contributed by atoms with van der Waals surface area (Å²) < 4.78 is 10.6. The van der Waals surface area contributed by atoms with Gasteiger partial charge in [0, 0.05) is 6.07 Å². The van der Waals surface area contributed by atoms with Gasteiger partial charge in [0.1, 0.15) is 0 Å². The van der Waals surface area contributed by atoms with Gasteiger partial charge in [-0.1, -0.05) is 12.1 Å². The summed E-state index contributed by atoms with van der Waals surface area (Å²) in [6.07, 6.45) is 1.23. The van der Waals surface area contributed by atoms with Crippen LogP contribution in [0.1, 0.15) is 18.9 Å². The Morgan fingerprint density at radius 1 is 1.48 bits per heavy atom. The number of nitrogens with zero attached hydrogens (tertiary/aromatic N) is 2. The number of carbonyl (C=O) groups is 1. The third-order valence-electron chi connectivity index (χ3n) is 2.91. The van der Waals surface area contributed by atoms with Crippen LogP contribution in [0, 0.1) is 10.1 Å². The van der Waals surface area contributed by atoms with Crippen molar-refractivity contribution in [1.82, 2.24) is 5.43 Å². The highest BCUT2D eigenvalue weighted by atomic mass is 16.7. The highest BCUT2D eigenvalue weighted by molar-refractivity contribution is 5.86. The zero-order valence-electron chi connectivity index (χ0n) is 11.4. The normalized spacial score (nSPS) is 17.0. The van der Waals surface area contributed by atoms with Crippen molar-refractivity contribution in [3.63, 3.8) is 0 Å². The number of rotatable bonds is 5. The van der Waals surface area contributed by atoms with Crippen LogP contribution >= 0.6 is 0 Å². The number of hydrazone groups is 1. The van der Waals surface area contributed by atoms with Crippen LogP contribution in [-0.4, -0.2) is 36.0 Å². The van der Waals surface area contributed by atoms with Crippen molar-refractivity contribution in [2.75, 3.05) is 13.2 Å². The van der Waals surface area contributed by atoms with E-state index in [0.717, 1.165) is 0 Å². The highest BCUT2D eigenvalue weighted by Gasteiger charge is 2.33. The molecule has 0 atom stereocenters. The van der Waals surface area contributed by atoms with Gasteiger partial charge in [-0.15, -0.1) is 0 Å². The molecule has 21 heavy (non-hydrogen) atoms. The van der Waals surface area contributed by atoms with E-state index in [1.165, 1.54) is 18.3 Å². The molecule has 0 saturated carbocycles. The Labute approximate surface area is 120 Å². The minimum absolute atomic E-state index is 0.00121. The third-order valence-corrected chi connectivity index (χ3v) is 2.91. The van der Waals surface area contributed by atoms with Gasteiger partial charge in [-0.05, 0) is 13.0 Å². The molecule has 0 bridgehead atoms. The van der Waals surface area contributed by atoms with Crippen molar-refractivity contribution in [2.45, 2.75) is 19.1 Å². The molecule has 112 valence electrons. The first-order valence-electron chi connectivity index (χ1n) is 6.33. The van der Waals surface area contributed by atoms with E-state index in [9.17, 15) is 14.9 Å². The maximum Gasteiger partial charge on any atom is 0.278 e. The van der Waals surface area contributed by atoms with Crippen molar-refractivity contribution >= 4 is 17.8 Å². The number of hydrogen-bond acceptors (Lipinski definition) is 6. The van der Waals surface area contributed by atoms with Crippen molar-refractivity contribution in [2.24, 2.45) is 5.10 Å². The van der Waals surface area contributed by atoms with E-state index in [1.54, 1.807) is 19.1 Å². The molecule has 1 N–H and O–H groups in total. The van der Waals surface area contributed by atoms with E-state index >= 15 is 0 Å². The van der Waals surface area contributed by atoms with Gasteiger partial charge >= 0.3 is 0 Å². The number of nitro groups is 1. The molecule has 1 saturated heterocycles. The van der Waals surface area contributed by atoms with Crippen LogP contribution in [0.5, 0.6) is 0 Å². The molecule has 1 aromatic carbocycles. The minimum atomic E-state index is -0.932. The molecule has 8 heteroatoms. The number of para-hydroxylation sites is 1. The van der Waals surface area contributed by atoms with Crippen molar-refractivity contribution in [1.29, 1.82) is 0 Å². The quantitative estimate of drug-likeness (QED) is 0.499. The molecule has 1 aromatic rings. The Kier molecular flexibility index (Phi) is 4.61. The standard InChI is InChI=1S/C13H15N3O5/c1-13(20-6-7-21-13)8-12(17)15-14-9-10-4-2-3-5-11(10)16(18)19/h2-5,9H,6-8H2,1H3,(H,15,17)/b14-9-. The summed E-state index contributed by atoms with van der Waals surface area (Å²) in [5.41, 5.74) is 2.53. The number of nitrogens with one attached hydrogen (secondary N) is 1. The van der Waals surface area contributed by atoms with Crippen LogP contribution in [-0.2, 0) is 14.3 Å². The van der Waals surface area contributed by atoms with Crippen molar-refractivity contribution in [3.8, 4) is 0 Å². The lowest BCUT2D eigenvalue weighted by Gasteiger charge is -2.20. The molecule has 1 fully saturated rings. The second-order valence-electron chi connectivity index (χ2n) is 4.62. The lowest BCUT2D eigenvalue weighted by Crippen LogP contribution is -2.33.